The van der Waals surface area contributed by atoms with Gasteiger partial charge in [0, 0.05) is 12.6 Å². The van der Waals surface area contributed by atoms with Crippen LogP contribution in [0.4, 0.5) is 0 Å². The van der Waals surface area contributed by atoms with E-state index in [9.17, 15) is 21.6 Å². The molecule has 0 radical (unpaired) electrons. The van der Waals surface area contributed by atoms with Crippen LogP contribution >= 0.6 is 0 Å². The summed E-state index contributed by atoms with van der Waals surface area (Å²) in [7, 11) is -6.00. The lowest BCUT2D eigenvalue weighted by Gasteiger charge is -2.24. The minimum absolute atomic E-state index is 0.00352. The second-order valence-electron chi connectivity index (χ2n) is 5.30. The SMILES string of the molecule is O=CN(CCO[C@H]1CCS(=O)(=O)C1)[C@@H]1CCS(=O)(=O)C1. The van der Waals surface area contributed by atoms with E-state index in [1.54, 1.807) is 0 Å². The van der Waals surface area contributed by atoms with Crippen LogP contribution in [0.1, 0.15) is 12.8 Å². The van der Waals surface area contributed by atoms with Gasteiger partial charge >= 0.3 is 0 Å². The van der Waals surface area contributed by atoms with Gasteiger partial charge in [-0.3, -0.25) is 4.79 Å². The lowest BCUT2D eigenvalue weighted by atomic mass is 10.2. The van der Waals surface area contributed by atoms with E-state index in [1.807, 2.05) is 0 Å². The predicted octanol–water partition coefficient (Wildman–Crippen LogP) is -1.16. The van der Waals surface area contributed by atoms with Gasteiger partial charge in [-0.2, -0.15) is 0 Å². The first kappa shape index (κ1) is 15.7. The number of amides is 1. The molecule has 2 heterocycles. The highest BCUT2D eigenvalue weighted by Crippen LogP contribution is 2.17. The number of hydrogen-bond acceptors (Lipinski definition) is 6. The van der Waals surface area contributed by atoms with Gasteiger partial charge in [-0.1, -0.05) is 0 Å². The largest absolute Gasteiger partial charge is 0.375 e. The average Bonchev–Trinajstić information content (AvgIpc) is 2.87. The fourth-order valence-electron chi connectivity index (χ4n) is 2.58. The summed E-state index contributed by atoms with van der Waals surface area (Å²) in [6.07, 6.45) is 1.28. The van der Waals surface area contributed by atoms with E-state index in [0.29, 0.717) is 25.8 Å². The minimum atomic E-state index is -3.03. The molecule has 9 heteroatoms. The van der Waals surface area contributed by atoms with Crippen molar-refractivity contribution in [1.29, 1.82) is 0 Å². The van der Waals surface area contributed by atoms with Crippen molar-refractivity contribution in [1.82, 2.24) is 4.90 Å². The molecule has 116 valence electrons. The molecule has 0 N–H and O–H groups in total. The van der Waals surface area contributed by atoms with Crippen LogP contribution in [-0.4, -0.2) is 76.5 Å². The number of carbonyl (C=O) groups excluding carboxylic acids is 1. The highest BCUT2D eigenvalue weighted by atomic mass is 32.2. The molecule has 2 rings (SSSR count). The average molecular weight is 325 g/mol. The van der Waals surface area contributed by atoms with E-state index < -0.39 is 19.7 Å². The van der Waals surface area contributed by atoms with Crippen molar-refractivity contribution in [3.05, 3.63) is 0 Å². The van der Waals surface area contributed by atoms with Gasteiger partial charge in [-0.25, -0.2) is 16.8 Å². The van der Waals surface area contributed by atoms with Crippen molar-refractivity contribution in [2.45, 2.75) is 25.0 Å². The van der Waals surface area contributed by atoms with Gasteiger partial charge in [0.2, 0.25) is 6.41 Å². The maximum atomic E-state index is 11.4. The predicted molar refractivity (Wildman–Crippen MR) is 72.8 cm³/mol. The third kappa shape index (κ3) is 4.16. The van der Waals surface area contributed by atoms with Crippen molar-refractivity contribution in [2.24, 2.45) is 0 Å². The summed E-state index contributed by atoms with van der Waals surface area (Å²) in [5.74, 6) is 0.301. The topological polar surface area (TPSA) is 97.8 Å². The highest BCUT2D eigenvalue weighted by molar-refractivity contribution is 7.91. The molecular formula is C11H19NO6S2. The molecule has 20 heavy (non-hydrogen) atoms. The standard InChI is InChI=1S/C11H19NO6S2/c13-9-12(10-1-5-19(14,15)7-10)3-4-18-11-2-6-20(16,17)8-11/h9-11H,1-8H2/t10-,11+/m1/s1. The van der Waals surface area contributed by atoms with Crippen LogP contribution in [-0.2, 0) is 29.2 Å². The van der Waals surface area contributed by atoms with Crippen molar-refractivity contribution in [3.8, 4) is 0 Å². The quantitative estimate of drug-likeness (QED) is 0.571. The Balaban J connectivity index is 1.76. The van der Waals surface area contributed by atoms with Crippen LogP contribution < -0.4 is 0 Å². The molecule has 2 saturated heterocycles. The van der Waals surface area contributed by atoms with Crippen molar-refractivity contribution >= 4 is 26.1 Å². The summed E-state index contributed by atoms with van der Waals surface area (Å²) >= 11 is 0. The van der Waals surface area contributed by atoms with Crippen LogP contribution in [0.5, 0.6) is 0 Å². The Hall–Kier alpha value is -0.670. The molecule has 0 aromatic heterocycles. The summed E-state index contributed by atoms with van der Waals surface area (Å²) in [4.78, 5) is 12.5. The molecule has 7 nitrogen and oxygen atoms in total. The zero-order chi connectivity index (χ0) is 14.8. The maximum Gasteiger partial charge on any atom is 0.210 e. The van der Waals surface area contributed by atoms with Gasteiger partial charge in [0.05, 0.1) is 35.7 Å². The number of ether oxygens (including phenoxy) is 1. The number of hydrogen-bond donors (Lipinski definition) is 0. The summed E-state index contributed by atoms with van der Waals surface area (Å²) in [5, 5.41) is 0. The lowest BCUT2D eigenvalue weighted by molar-refractivity contribution is -0.120. The number of rotatable bonds is 6. The third-order valence-corrected chi connectivity index (χ3v) is 7.19. The first-order chi connectivity index (χ1) is 9.31. The van der Waals surface area contributed by atoms with Crippen LogP contribution in [0, 0.1) is 0 Å². The molecule has 0 saturated carbocycles. The molecule has 0 spiro atoms. The Kier molecular flexibility index (Phi) is 4.70. The first-order valence-corrected chi connectivity index (χ1v) is 10.2. The van der Waals surface area contributed by atoms with Crippen LogP contribution in [0.25, 0.3) is 0 Å². The fraction of sp³-hybridized carbons (Fsp3) is 0.909. The smallest absolute Gasteiger partial charge is 0.210 e. The lowest BCUT2D eigenvalue weighted by Crippen LogP contribution is -2.38. The molecule has 2 atom stereocenters. The summed E-state index contributed by atoms with van der Waals surface area (Å²) in [6, 6.07) is -0.284. The summed E-state index contributed by atoms with van der Waals surface area (Å²) < 4.78 is 50.7. The Morgan fingerprint density at radius 1 is 1.05 bits per heavy atom. The second kappa shape index (κ2) is 5.98. The van der Waals surface area contributed by atoms with Gasteiger partial charge in [-0.15, -0.1) is 0 Å². The molecule has 0 aromatic carbocycles. The van der Waals surface area contributed by atoms with E-state index in [1.165, 1.54) is 4.90 Å². The van der Waals surface area contributed by atoms with Crippen molar-refractivity contribution in [3.63, 3.8) is 0 Å². The number of sulfone groups is 2. The zero-order valence-corrected chi connectivity index (χ0v) is 12.7. The molecule has 0 bridgehead atoms. The zero-order valence-electron chi connectivity index (χ0n) is 11.1. The van der Waals surface area contributed by atoms with Gasteiger partial charge in [0.15, 0.2) is 19.7 Å². The highest BCUT2D eigenvalue weighted by Gasteiger charge is 2.32. The second-order valence-corrected chi connectivity index (χ2v) is 9.75. The van der Waals surface area contributed by atoms with E-state index in [-0.39, 0.29) is 41.8 Å². The molecule has 0 aromatic rings. The monoisotopic (exact) mass is 325 g/mol. The Labute approximate surface area is 119 Å². The fourth-order valence-corrected chi connectivity index (χ4v) is 5.94. The first-order valence-electron chi connectivity index (χ1n) is 6.55. The molecular weight excluding hydrogens is 306 g/mol. The van der Waals surface area contributed by atoms with E-state index >= 15 is 0 Å². The molecule has 0 aliphatic carbocycles. The van der Waals surface area contributed by atoms with E-state index in [2.05, 4.69) is 0 Å². The van der Waals surface area contributed by atoms with Crippen molar-refractivity contribution < 1.29 is 26.4 Å². The van der Waals surface area contributed by atoms with E-state index in [4.69, 9.17) is 4.74 Å². The van der Waals surface area contributed by atoms with Gasteiger partial charge in [0.25, 0.3) is 0 Å². The molecule has 2 aliphatic heterocycles. The van der Waals surface area contributed by atoms with Crippen LogP contribution in [0.3, 0.4) is 0 Å². The molecule has 0 unspecified atom stereocenters. The van der Waals surface area contributed by atoms with Crippen LogP contribution in [0.2, 0.25) is 0 Å². The Morgan fingerprint density at radius 3 is 2.20 bits per heavy atom. The maximum absolute atomic E-state index is 11.4. The van der Waals surface area contributed by atoms with Crippen LogP contribution in [0.15, 0.2) is 0 Å². The molecule has 1 amide bonds. The Bertz CT molecular complexity index is 555. The normalized spacial score (nSPS) is 31.2. The number of carbonyl (C=O) groups is 1. The van der Waals surface area contributed by atoms with Gasteiger partial charge < -0.3 is 9.64 Å². The summed E-state index contributed by atoms with van der Waals surface area (Å²) in [6.45, 7) is 0.524. The summed E-state index contributed by atoms with van der Waals surface area (Å²) in [5.41, 5.74) is 0. The minimum Gasteiger partial charge on any atom is -0.375 e. The molecule has 2 aliphatic rings. The van der Waals surface area contributed by atoms with Crippen molar-refractivity contribution in [2.75, 3.05) is 36.2 Å². The molecule has 2 fully saturated rings. The van der Waals surface area contributed by atoms with E-state index in [0.717, 1.165) is 0 Å². The Morgan fingerprint density at radius 2 is 1.70 bits per heavy atom. The third-order valence-electron chi connectivity index (χ3n) is 3.71. The number of nitrogens with zero attached hydrogens (tertiary/aromatic N) is 1. The van der Waals surface area contributed by atoms with Gasteiger partial charge in [-0.05, 0) is 12.8 Å². The van der Waals surface area contributed by atoms with Gasteiger partial charge in [0.1, 0.15) is 0 Å².